The van der Waals surface area contributed by atoms with Crippen LogP contribution in [-0.4, -0.2) is 6.04 Å². The van der Waals surface area contributed by atoms with E-state index in [1.807, 2.05) is 6.07 Å². The number of rotatable bonds is 5. The molecule has 1 aromatic carbocycles. The molecule has 0 heterocycles. The minimum Gasteiger partial charge on any atom is -0.307 e. The summed E-state index contributed by atoms with van der Waals surface area (Å²) < 4.78 is 13.1. The minimum atomic E-state index is -0.163. The van der Waals surface area contributed by atoms with Gasteiger partial charge in [-0.2, -0.15) is 0 Å². The van der Waals surface area contributed by atoms with Gasteiger partial charge in [-0.3, -0.25) is 0 Å². The summed E-state index contributed by atoms with van der Waals surface area (Å²) in [5.41, 5.74) is 1.01. The average Bonchev–Trinajstić information content (AvgIpc) is 2.25. The van der Waals surface area contributed by atoms with Crippen LogP contribution in [-0.2, 0) is 0 Å². The molecule has 1 N–H and O–H groups in total. The van der Waals surface area contributed by atoms with E-state index in [2.05, 4.69) is 33.0 Å². The largest absolute Gasteiger partial charge is 0.307 e. The van der Waals surface area contributed by atoms with Crippen molar-refractivity contribution in [2.45, 2.75) is 46.2 Å². The van der Waals surface area contributed by atoms with Gasteiger partial charge in [0.2, 0.25) is 0 Å². The second-order valence-electron chi connectivity index (χ2n) is 4.70. The highest BCUT2D eigenvalue weighted by molar-refractivity contribution is 5.19. The van der Waals surface area contributed by atoms with Crippen LogP contribution in [0.15, 0.2) is 24.3 Å². The molecule has 1 rings (SSSR count). The Morgan fingerprint density at radius 3 is 2.44 bits per heavy atom. The van der Waals surface area contributed by atoms with Crippen LogP contribution in [0.3, 0.4) is 0 Å². The predicted molar refractivity (Wildman–Crippen MR) is 66.9 cm³/mol. The Labute approximate surface area is 98.1 Å². The molecule has 90 valence electrons. The maximum absolute atomic E-state index is 13.1. The van der Waals surface area contributed by atoms with Gasteiger partial charge in [-0.05, 0) is 37.0 Å². The third-order valence-electron chi connectivity index (χ3n) is 3.06. The van der Waals surface area contributed by atoms with Gasteiger partial charge in [0.25, 0.3) is 0 Å². The monoisotopic (exact) mass is 223 g/mol. The summed E-state index contributed by atoms with van der Waals surface area (Å²) in [5.74, 6) is 0.435. The van der Waals surface area contributed by atoms with Gasteiger partial charge in [0.15, 0.2) is 0 Å². The minimum absolute atomic E-state index is 0.163. The van der Waals surface area contributed by atoms with E-state index < -0.39 is 0 Å². The Morgan fingerprint density at radius 2 is 1.94 bits per heavy atom. The molecule has 0 spiro atoms. The molecule has 0 bridgehead atoms. The lowest BCUT2D eigenvalue weighted by atomic mass is 9.99. The van der Waals surface area contributed by atoms with Crippen LogP contribution in [0.2, 0.25) is 0 Å². The number of benzene rings is 1. The lowest BCUT2D eigenvalue weighted by Crippen LogP contribution is -2.35. The Morgan fingerprint density at radius 1 is 1.25 bits per heavy atom. The standard InChI is InChI=1S/C14H22FN/c1-5-14(10(2)3)16-11(4)12-7-6-8-13(15)9-12/h6-11,14,16H,5H2,1-4H3/t11-,14?/m1/s1. The lowest BCUT2D eigenvalue weighted by Gasteiger charge is -2.25. The Bertz CT molecular complexity index is 322. The first-order valence-electron chi connectivity index (χ1n) is 6.06. The van der Waals surface area contributed by atoms with E-state index in [-0.39, 0.29) is 11.9 Å². The molecule has 0 aromatic heterocycles. The van der Waals surface area contributed by atoms with E-state index in [0.29, 0.717) is 12.0 Å². The van der Waals surface area contributed by atoms with Crippen molar-refractivity contribution >= 4 is 0 Å². The number of halogens is 1. The van der Waals surface area contributed by atoms with Crippen LogP contribution >= 0.6 is 0 Å². The van der Waals surface area contributed by atoms with Crippen molar-refractivity contribution in [3.63, 3.8) is 0 Å². The van der Waals surface area contributed by atoms with Gasteiger partial charge in [0.05, 0.1) is 0 Å². The molecule has 1 nitrogen and oxygen atoms in total. The Hall–Kier alpha value is -0.890. The van der Waals surface area contributed by atoms with Gasteiger partial charge in [0, 0.05) is 12.1 Å². The van der Waals surface area contributed by atoms with Crippen molar-refractivity contribution in [3.05, 3.63) is 35.6 Å². The molecule has 0 amide bonds. The molecule has 2 atom stereocenters. The van der Waals surface area contributed by atoms with Gasteiger partial charge >= 0.3 is 0 Å². The maximum Gasteiger partial charge on any atom is 0.123 e. The second-order valence-corrected chi connectivity index (χ2v) is 4.70. The molecule has 2 heteroatoms. The van der Waals surface area contributed by atoms with Crippen LogP contribution in [0, 0.1) is 11.7 Å². The Kier molecular flexibility index (Phi) is 4.94. The van der Waals surface area contributed by atoms with Crippen LogP contribution in [0.4, 0.5) is 4.39 Å². The fraction of sp³-hybridized carbons (Fsp3) is 0.571. The summed E-state index contributed by atoms with van der Waals surface area (Å²) in [6.45, 7) is 8.68. The SMILES string of the molecule is CCC(N[C@H](C)c1cccc(F)c1)C(C)C. The molecule has 0 aliphatic rings. The summed E-state index contributed by atoms with van der Waals surface area (Å²) in [4.78, 5) is 0. The predicted octanol–water partition coefficient (Wildman–Crippen LogP) is 3.91. The highest BCUT2D eigenvalue weighted by atomic mass is 19.1. The van der Waals surface area contributed by atoms with E-state index in [9.17, 15) is 4.39 Å². The van der Waals surface area contributed by atoms with E-state index in [4.69, 9.17) is 0 Å². The molecule has 0 fully saturated rings. The van der Waals surface area contributed by atoms with E-state index in [0.717, 1.165) is 12.0 Å². The first-order chi connectivity index (χ1) is 7.54. The van der Waals surface area contributed by atoms with Gasteiger partial charge in [-0.15, -0.1) is 0 Å². The van der Waals surface area contributed by atoms with Crippen LogP contribution in [0.5, 0.6) is 0 Å². The van der Waals surface area contributed by atoms with E-state index in [1.54, 1.807) is 12.1 Å². The molecule has 0 aliphatic carbocycles. The molecular weight excluding hydrogens is 201 g/mol. The van der Waals surface area contributed by atoms with Gasteiger partial charge in [-0.25, -0.2) is 4.39 Å². The summed E-state index contributed by atoms with van der Waals surface area (Å²) in [7, 11) is 0. The third-order valence-corrected chi connectivity index (χ3v) is 3.06. The van der Waals surface area contributed by atoms with Crippen molar-refractivity contribution in [1.82, 2.24) is 5.32 Å². The van der Waals surface area contributed by atoms with E-state index >= 15 is 0 Å². The summed E-state index contributed by atoms with van der Waals surface area (Å²) in [6.07, 6.45) is 1.09. The van der Waals surface area contributed by atoms with Crippen LogP contribution < -0.4 is 5.32 Å². The molecule has 1 unspecified atom stereocenters. The highest BCUT2D eigenvalue weighted by Crippen LogP contribution is 2.17. The molecule has 0 saturated heterocycles. The topological polar surface area (TPSA) is 12.0 Å². The lowest BCUT2D eigenvalue weighted by molar-refractivity contribution is 0.355. The first kappa shape index (κ1) is 13.2. The number of nitrogens with one attached hydrogen (secondary N) is 1. The van der Waals surface area contributed by atoms with E-state index in [1.165, 1.54) is 6.07 Å². The van der Waals surface area contributed by atoms with Gasteiger partial charge in [-0.1, -0.05) is 32.9 Å². The quantitative estimate of drug-likeness (QED) is 0.798. The van der Waals surface area contributed by atoms with Gasteiger partial charge in [0.1, 0.15) is 5.82 Å². The zero-order valence-corrected chi connectivity index (χ0v) is 10.6. The molecule has 1 aromatic rings. The fourth-order valence-electron chi connectivity index (χ4n) is 1.97. The van der Waals surface area contributed by atoms with Crippen molar-refractivity contribution < 1.29 is 4.39 Å². The van der Waals surface area contributed by atoms with Crippen molar-refractivity contribution in [2.75, 3.05) is 0 Å². The van der Waals surface area contributed by atoms with Crippen LogP contribution in [0.25, 0.3) is 0 Å². The zero-order chi connectivity index (χ0) is 12.1. The molecule has 16 heavy (non-hydrogen) atoms. The number of hydrogen-bond acceptors (Lipinski definition) is 1. The number of hydrogen-bond donors (Lipinski definition) is 1. The Balaban J connectivity index is 2.67. The normalized spacial score (nSPS) is 15.1. The molecular formula is C14H22FN. The summed E-state index contributed by atoms with van der Waals surface area (Å²) in [6, 6.07) is 7.49. The summed E-state index contributed by atoms with van der Waals surface area (Å²) in [5, 5.41) is 3.54. The van der Waals surface area contributed by atoms with Crippen LogP contribution in [0.1, 0.15) is 45.7 Å². The molecule has 0 saturated carbocycles. The third kappa shape index (κ3) is 3.60. The summed E-state index contributed by atoms with van der Waals surface area (Å²) >= 11 is 0. The average molecular weight is 223 g/mol. The fourth-order valence-corrected chi connectivity index (χ4v) is 1.97. The maximum atomic E-state index is 13.1. The second kappa shape index (κ2) is 6.00. The highest BCUT2D eigenvalue weighted by Gasteiger charge is 2.14. The van der Waals surface area contributed by atoms with Crippen molar-refractivity contribution in [2.24, 2.45) is 5.92 Å². The zero-order valence-electron chi connectivity index (χ0n) is 10.6. The molecule has 0 radical (unpaired) electrons. The smallest absolute Gasteiger partial charge is 0.123 e. The molecule has 0 aliphatic heterocycles. The van der Waals surface area contributed by atoms with Crippen molar-refractivity contribution in [3.8, 4) is 0 Å². The first-order valence-corrected chi connectivity index (χ1v) is 6.06. The van der Waals surface area contributed by atoms with Crippen molar-refractivity contribution in [1.29, 1.82) is 0 Å². The van der Waals surface area contributed by atoms with Gasteiger partial charge < -0.3 is 5.32 Å².